The second kappa shape index (κ2) is 5.57. The lowest BCUT2D eigenvalue weighted by Crippen LogP contribution is -2.43. The zero-order valence-corrected chi connectivity index (χ0v) is 10.6. The third-order valence-electron chi connectivity index (χ3n) is 2.29. The van der Waals surface area contributed by atoms with Crippen LogP contribution in [0.1, 0.15) is 6.42 Å². The number of likely N-dealkylation sites (N-methyl/N-ethyl adjacent to an activating group) is 1. The van der Waals surface area contributed by atoms with Crippen LogP contribution in [0, 0.1) is 5.41 Å². The van der Waals surface area contributed by atoms with E-state index in [2.05, 4.69) is 4.52 Å². The first-order chi connectivity index (χ1) is 8.20. The van der Waals surface area contributed by atoms with Crippen molar-refractivity contribution in [3.05, 3.63) is 0 Å². The van der Waals surface area contributed by atoms with Crippen molar-refractivity contribution in [2.45, 2.75) is 6.42 Å². The van der Waals surface area contributed by atoms with Crippen molar-refractivity contribution >= 4 is 25.5 Å². The van der Waals surface area contributed by atoms with Crippen LogP contribution in [0.25, 0.3) is 0 Å². The van der Waals surface area contributed by atoms with Gasteiger partial charge in [-0.15, -0.1) is 0 Å². The second-order valence-corrected chi connectivity index (χ2v) is 5.00. The largest absolute Gasteiger partial charge is 0.469 e. The Morgan fingerprint density at radius 1 is 1.56 bits per heavy atom. The molecule has 0 unspecified atom stereocenters. The first-order valence-corrected chi connectivity index (χ1v) is 6.55. The Kier molecular flexibility index (Phi) is 4.58. The topological polar surface area (TPSA) is 131 Å². The first-order valence-electron chi connectivity index (χ1n) is 5.02. The molecular formula is C8H14N3O6P. The van der Waals surface area contributed by atoms with Crippen molar-refractivity contribution < 1.29 is 28.5 Å². The highest BCUT2D eigenvalue weighted by atomic mass is 31.2. The third kappa shape index (κ3) is 4.19. The van der Waals surface area contributed by atoms with Gasteiger partial charge in [-0.05, 0) is 0 Å². The molecule has 0 aromatic heterocycles. The maximum absolute atomic E-state index is 11.3. The van der Waals surface area contributed by atoms with Gasteiger partial charge in [-0.25, -0.2) is 4.57 Å². The van der Waals surface area contributed by atoms with Crippen LogP contribution in [0.2, 0.25) is 0 Å². The molecular weight excluding hydrogens is 265 g/mol. The van der Waals surface area contributed by atoms with E-state index >= 15 is 0 Å². The number of amides is 1. The smallest absolute Gasteiger partial charge is 0.343 e. The van der Waals surface area contributed by atoms with Crippen LogP contribution in [0.3, 0.4) is 0 Å². The minimum atomic E-state index is -4.53. The van der Waals surface area contributed by atoms with Crippen LogP contribution in [0.5, 0.6) is 0 Å². The van der Waals surface area contributed by atoms with Gasteiger partial charge in [0, 0.05) is 13.6 Å². The first kappa shape index (κ1) is 14.8. The number of guanidine groups is 1. The highest BCUT2D eigenvalue weighted by molar-refractivity contribution is 7.46. The Hall–Kier alpha value is -1.28. The fraction of sp³-hybridized carbons (Fsp3) is 0.625. The van der Waals surface area contributed by atoms with Gasteiger partial charge in [0.15, 0.2) is 5.78 Å². The molecule has 1 amide bonds. The molecule has 0 aromatic rings. The number of rotatable bonds is 4. The quantitative estimate of drug-likeness (QED) is 0.254. The van der Waals surface area contributed by atoms with Crippen LogP contribution in [0.4, 0.5) is 0 Å². The zero-order chi connectivity index (χ0) is 13.9. The lowest BCUT2D eigenvalue weighted by Gasteiger charge is -2.25. The van der Waals surface area contributed by atoms with Gasteiger partial charge in [0.2, 0.25) is 11.9 Å². The molecule has 0 bridgehead atoms. The minimum Gasteiger partial charge on any atom is -0.343 e. The van der Waals surface area contributed by atoms with Gasteiger partial charge >= 0.3 is 7.82 Å². The maximum Gasteiger partial charge on any atom is 0.469 e. The van der Waals surface area contributed by atoms with E-state index in [0.717, 1.165) is 4.90 Å². The Bertz CT molecular complexity index is 419. The van der Waals surface area contributed by atoms with Crippen molar-refractivity contribution in [1.29, 1.82) is 5.41 Å². The third-order valence-corrected chi connectivity index (χ3v) is 2.81. The fourth-order valence-corrected chi connectivity index (χ4v) is 1.71. The molecule has 10 heteroatoms. The number of hydrogen-bond donors (Lipinski definition) is 3. The number of nitrogens with one attached hydrogen (secondary N) is 1. The Labute approximate surface area is 103 Å². The van der Waals surface area contributed by atoms with Gasteiger partial charge in [-0.3, -0.25) is 24.4 Å². The fourth-order valence-electron chi connectivity index (χ4n) is 1.39. The summed E-state index contributed by atoms with van der Waals surface area (Å²) in [6.45, 7) is -0.414. The van der Waals surface area contributed by atoms with Crippen LogP contribution in [-0.4, -0.2) is 64.0 Å². The van der Waals surface area contributed by atoms with Crippen molar-refractivity contribution in [2.24, 2.45) is 0 Å². The molecule has 0 saturated carbocycles. The van der Waals surface area contributed by atoms with Gasteiger partial charge in [0.05, 0.1) is 19.6 Å². The molecule has 1 heterocycles. The highest BCUT2D eigenvalue weighted by Crippen LogP contribution is 2.35. The maximum atomic E-state index is 11.3. The number of carbonyl (C=O) groups is 2. The van der Waals surface area contributed by atoms with Crippen molar-refractivity contribution in [1.82, 2.24) is 9.80 Å². The van der Waals surface area contributed by atoms with E-state index in [9.17, 15) is 14.2 Å². The number of ketones is 1. The molecule has 0 aliphatic carbocycles. The predicted molar refractivity (Wildman–Crippen MR) is 59.7 cm³/mol. The van der Waals surface area contributed by atoms with Gasteiger partial charge in [-0.2, -0.15) is 0 Å². The van der Waals surface area contributed by atoms with Gasteiger partial charge < -0.3 is 14.7 Å². The summed E-state index contributed by atoms with van der Waals surface area (Å²) in [7, 11) is -3.07. The van der Waals surface area contributed by atoms with Crippen LogP contribution >= 0.6 is 7.82 Å². The van der Waals surface area contributed by atoms with E-state index in [1.807, 2.05) is 0 Å². The summed E-state index contributed by atoms with van der Waals surface area (Å²) in [6.07, 6.45) is -0.213. The molecule has 1 saturated heterocycles. The second-order valence-electron chi connectivity index (χ2n) is 3.76. The molecule has 0 radical (unpaired) electrons. The van der Waals surface area contributed by atoms with E-state index in [0.29, 0.717) is 0 Å². The van der Waals surface area contributed by atoms with Crippen LogP contribution in [0.15, 0.2) is 0 Å². The molecule has 0 aromatic carbocycles. The lowest BCUT2D eigenvalue weighted by atomic mass is 10.3. The van der Waals surface area contributed by atoms with E-state index in [1.54, 1.807) is 0 Å². The number of nitrogens with zero attached hydrogens (tertiary/aromatic N) is 2. The molecule has 0 spiro atoms. The van der Waals surface area contributed by atoms with Crippen LogP contribution < -0.4 is 0 Å². The minimum absolute atomic E-state index is 0.0158. The Balaban J connectivity index is 2.44. The SMILES string of the molecule is CN(CCOP(=O)(O)O)C(=N)N1CC(=O)CC1=O. The average molecular weight is 279 g/mol. The average Bonchev–Trinajstić information content (AvgIpc) is 2.54. The zero-order valence-electron chi connectivity index (χ0n) is 9.70. The summed E-state index contributed by atoms with van der Waals surface area (Å²) in [6, 6.07) is 0. The van der Waals surface area contributed by atoms with Crippen molar-refractivity contribution in [2.75, 3.05) is 26.7 Å². The molecule has 1 aliphatic rings. The Morgan fingerprint density at radius 2 is 2.17 bits per heavy atom. The van der Waals surface area contributed by atoms with Gasteiger partial charge in [-0.1, -0.05) is 0 Å². The highest BCUT2D eigenvalue weighted by Gasteiger charge is 2.31. The number of phosphoric acid groups is 1. The number of phosphoric ester groups is 1. The summed E-state index contributed by atoms with van der Waals surface area (Å²) in [5, 5.41) is 7.68. The molecule has 3 N–H and O–H groups in total. The molecule has 1 fully saturated rings. The normalized spacial score (nSPS) is 16.3. The van der Waals surface area contributed by atoms with E-state index in [4.69, 9.17) is 15.2 Å². The number of likely N-dealkylation sites (tertiary alicyclic amines) is 1. The van der Waals surface area contributed by atoms with Gasteiger partial charge in [0.25, 0.3) is 0 Å². The molecule has 18 heavy (non-hydrogen) atoms. The van der Waals surface area contributed by atoms with Crippen molar-refractivity contribution in [3.8, 4) is 0 Å². The standard InChI is InChI=1S/C8H14N3O6P/c1-10(2-3-17-18(14,15)16)8(9)11-5-6(12)4-7(11)13/h9H,2-5H2,1H3,(H2,14,15,16). The summed E-state index contributed by atoms with van der Waals surface area (Å²) in [5.41, 5.74) is 0. The molecule has 1 rings (SSSR count). The molecule has 102 valence electrons. The Morgan fingerprint density at radius 3 is 2.61 bits per heavy atom. The molecule has 1 aliphatic heterocycles. The summed E-state index contributed by atoms with van der Waals surface area (Å²) >= 11 is 0. The van der Waals surface area contributed by atoms with E-state index in [1.165, 1.54) is 11.9 Å². The van der Waals surface area contributed by atoms with Crippen LogP contribution in [-0.2, 0) is 18.7 Å². The van der Waals surface area contributed by atoms with Gasteiger partial charge in [0.1, 0.15) is 0 Å². The molecule has 9 nitrogen and oxygen atoms in total. The van der Waals surface area contributed by atoms with E-state index in [-0.39, 0.29) is 37.9 Å². The monoisotopic (exact) mass is 279 g/mol. The molecule has 0 atom stereocenters. The summed E-state index contributed by atoms with van der Waals surface area (Å²) in [4.78, 5) is 41.6. The summed E-state index contributed by atoms with van der Waals surface area (Å²) in [5.74, 6) is -0.905. The lowest BCUT2D eigenvalue weighted by molar-refractivity contribution is -0.125. The predicted octanol–water partition coefficient (Wildman–Crippen LogP) is -1.24. The van der Waals surface area contributed by atoms with Crippen molar-refractivity contribution in [3.63, 3.8) is 0 Å². The number of carbonyl (C=O) groups excluding carboxylic acids is 2. The summed E-state index contributed by atoms with van der Waals surface area (Å²) < 4.78 is 14.6. The number of hydrogen-bond acceptors (Lipinski definition) is 5. The number of Topliss-reactive ketones (excluding diaryl/α,β-unsaturated/α-hetero) is 1. The van der Waals surface area contributed by atoms with E-state index < -0.39 is 13.7 Å².